The number of nitrogens with one attached hydrogen (secondary N) is 1. The maximum absolute atomic E-state index is 13.2. The molecule has 8 heteroatoms. The van der Waals surface area contributed by atoms with E-state index in [0.717, 1.165) is 32.1 Å². The first-order valence-electron chi connectivity index (χ1n) is 10.2. The van der Waals surface area contributed by atoms with E-state index in [9.17, 15) is 18.0 Å². The van der Waals surface area contributed by atoms with Gasteiger partial charge in [0, 0.05) is 18.7 Å². The van der Waals surface area contributed by atoms with Crippen molar-refractivity contribution in [2.45, 2.75) is 43.0 Å². The van der Waals surface area contributed by atoms with Gasteiger partial charge in [-0.3, -0.25) is 14.5 Å². The van der Waals surface area contributed by atoms with Crippen LogP contribution >= 0.6 is 0 Å². The van der Waals surface area contributed by atoms with E-state index in [2.05, 4.69) is 5.32 Å². The van der Waals surface area contributed by atoms with Crippen LogP contribution in [-0.4, -0.2) is 44.2 Å². The molecule has 1 aliphatic heterocycles. The predicted molar refractivity (Wildman–Crippen MR) is 115 cm³/mol. The molecule has 7 nitrogen and oxygen atoms in total. The van der Waals surface area contributed by atoms with Gasteiger partial charge in [-0.2, -0.15) is 4.31 Å². The Kier molecular flexibility index (Phi) is 5.62. The first-order chi connectivity index (χ1) is 14.4. The SMILES string of the molecule is CN(C1CCCCC1)S(=O)(=O)c1cccc(C(=O)N2CC(=O)Nc3ccccc32)c1. The van der Waals surface area contributed by atoms with Gasteiger partial charge in [0.2, 0.25) is 15.9 Å². The van der Waals surface area contributed by atoms with E-state index in [0.29, 0.717) is 11.4 Å². The Hall–Kier alpha value is -2.71. The lowest BCUT2D eigenvalue weighted by Gasteiger charge is -2.31. The van der Waals surface area contributed by atoms with Crippen molar-refractivity contribution in [2.75, 3.05) is 23.8 Å². The molecular weight excluding hydrogens is 402 g/mol. The molecule has 2 aromatic carbocycles. The standard InChI is InChI=1S/C22H25N3O4S/c1-24(17-9-3-2-4-10-17)30(28,29)18-11-7-8-16(14-18)22(27)25-15-21(26)23-19-12-5-6-13-20(19)25/h5-8,11-14,17H,2-4,9-10,15H2,1H3,(H,23,26). The van der Waals surface area contributed by atoms with Gasteiger partial charge < -0.3 is 5.32 Å². The molecule has 0 aromatic heterocycles. The van der Waals surface area contributed by atoms with Gasteiger partial charge in [-0.1, -0.05) is 37.5 Å². The number of hydrogen-bond donors (Lipinski definition) is 1. The summed E-state index contributed by atoms with van der Waals surface area (Å²) in [7, 11) is -2.10. The molecule has 1 saturated carbocycles. The molecule has 2 aromatic rings. The van der Waals surface area contributed by atoms with Gasteiger partial charge in [0.1, 0.15) is 6.54 Å². The summed E-state index contributed by atoms with van der Waals surface area (Å²) < 4.78 is 27.8. The lowest BCUT2D eigenvalue weighted by atomic mass is 9.96. The fourth-order valence-electron chi connectivity index (χ4n) is 4.17. The third kappa shape index (κ3) is 3.85. The highest BCUT2D eigenvalue weighted by Crippen LogP contribution is 2.31. The Morgan fingerprint density at radius 1 is 1.07 bits per heavy atom. The number of carbonyl (C=O) groups excluding carboxylic acids is 2. The van der Waals surface area contributed by atoms with Crippen molar-refractivity contribution in [3.63, 3.8) is 0 Å². The summed E-state index contributed by atoms with van der Waals surface area (Å²) in [6, 6.07) is 13.1. The Morgan fingerprint density at radius 2 is 1.80 bits per heavy atom. The van der Waals surface area contributed by atoms with E-state index >= 15 is 0 Å². The first kappa shape index (κ1) is 20.6. The van der Waals surface area contributed by atoms with Gasteiger partial charge in [-0.05, 0) is 43.2 Å². The average molecular weight is 428 g/mol. The van der Waals surface area contributed by atoms with Crippen LogP contribution in [0, 0.1) is 0 Å². The second-order valence-corrected chi connectivity index (χ2v) is 9.80. The van der Waals surface area contributed by atoms with Crippen LogP contribution in [0.15, 0.2) is 53.4 Å². The van der Waals surface area contributed by atoms with Crippen molar-refractivity contribution < 1.29 is 18.0 Å². The number of fused-ring (bicyclic) bond motifs is 1. The highest BCUT2D eigenvalue weighted by molar-refractivity contribution is 7.89. The van der Waals surface area contributed by atoms with Crippen LogP contribution in [0.2, 0.25) is 0 Å². The van der Waals surface area contributed by atoms with Crippen LogP contribution in [-0.2, 0) is 14.8 Å². The van der Waals surface area contributed by atoms with Crippen molar-refractivity contribution in [1.29, 1.82) is 0 Å². The first-order valence-corrected chi connectivity index (χ1v) is 11.6. The monoisotopic (exact) mass is 427 g/mol. The number of hydrogen-bond acceptors (Lipinski definition) is 4. The number of benzene rings is 2. The number of carbonyl (C=O) groups is 2. The van der Waals surface area contributed by atoms with Gasteiger partial charge in [-0.15, -0.1) is 0 Å². The van der Waals surface area contributed by atoms with Crippen LogP contribution in [0.5, 0.6) is 0 Å². The van der Waals surface area contributed by atoms with Crippen molar-refractivity contribution in [3.8, 4) is 0 Å². The maximum atomic E-state index is 13.2. The Morgan fingerprint density at radius 3 is 2.57 bits per heavy atom. The summed E-state index contributed by atoms with van der Waals surface area (Å²) in [5.41, 5.74) is 1.38. The second kappa shape index (κ2) is 8.20. The van der Waals surface area contributed by atoms with Crippen molar-refractivity contribution in [2.24, 2.45) is 0 Å². The van der Waals surface area contributed by atoms with E-state index in [1.165, 1.54) is 21.3 Å². The second-order valence-electron chi connectivity index (χ2n) is 7.80. The smallest absolute Gasteiger partial charge is 0.258 e. The number of amides is 2. The van der Waals surface area contributed by atoms with Gasteiger partial charge in [-0.25, -0.2) is 8.42 Å². The lowest BCUT2D eigenvalue weighted by molar-refractivity contribution is -0.115. The van der Waals surface area contributed by atoms with Crippen molar-refractivity contribution in [3.05, 3.63) is 54.1 Å². The number of rotatable bonds is 4. The molecule has 2 aliphatic rings. The topological polar surface area (TPSA) is 86.8 Å². The minimum atomic E-state index is -3.71. The summed E-state index contributed by atoms with van der Waals surface area (Å²) in [5.74, 6) is -0.697. The van der Waals surface area contributed by atoms with E-state index in [-0.39, 0.29) is 29.0 Å². The molecule has 0 saturated heterocycles. The zero-order chi connectivity index (χ0) is 21.3. The van der Waals surface area contributed by atoms with Crippen LogP contribution in [0.1, 0.15) is 42.5 Å². The van der Waals surface area contributed by atoms with Gasteiger partial charge in [0.15, 0.2) is 0 Å². The molecule has 1 N–H and O–H groups in total. The third-order valence-corrected chi connectivity index (χ3v) is 7.77. The average Bonchev–Trinajstić information content (AvgIpc) is 2.78. The van der Waals surface area contributed by atoms with Crippen LogP contribution in [0.25, 0.3) is 0 Å². The molecule has 30 heavy (non-hydrogen) atoms. The molecule has 1 aliphatic carbocycles. The van der Waals surface area contributed by atoms with Crippen LogP contribution in [0.4, 0.5) is 11.4 Å². The van der Waals surface area contributed by atoms with Gasteiger partial charge in [0.25, 0.3) is 5.91 Å². The maximum Gasteiger partial charge on any atom is 0.258 e. The third-order valence-electron chi connectivity index (χ3n) is 5.86. The fourth-order valence-corrected chi connectivity index (χ4v) is 5.63. The summed E-state index contributed by atoms with van der Waals surface area (Å²) >= 11 is 0. The number of sulfonamides is 1. The Bertz CT molecular complexity index is 1080. The quantitative estimate of drug-likeness (QED) is 0.812. The van der Waals surface area contributed by atoms with E-state index in [1.807, 2.05) is 0 Å². The minimum Gasteiger partial charge on any atom is -0.323 e. The fraction of sp³-hybridized carbons (Fsp3) is 0.364. The molecule has 0 radical (unpaired) electrons. The molecular formula is C22H25N3O4S. The molecule has 0 bridgehead atoms. The van der Waals surface area contributed by atoms with Gasteiger partial charge in [0.05, 0.1) is 16.3 Å². The van der Waals surface area contributed by atoms with Crippen LogP contribution < -0.4 is 10.2 Å². The summed E-state index contributed by atoms with van der Waals surface area (Å²) in [6.07, 6.45) is 4.90. The molecule has 0 spiro atoms. The summed E-state index contributed by atoms with van der Waals surface area (Å²) in [6.45, 7) is -0.116. The van der Waals surface area contributed by atoms with Gasteiger partial charge >= 0.3 is 0 Å². The molecule has 4 rings (SSSR count). The van der Waals surface area contributed by atoms with Crippen molar-refractivity contribution in [1.82, 2.24) is 4.31 Å². The highest BCUT2D eigenvalue weighted by Gasteiger charge is 2.31. The molecule has 0 unspecified atom stereocenters. The number of para-hydroxylation sites is 2. The highest BCUT2D eigenvalue weighted by atomic mass is 32.2. The minimum absolute atomic E-state index is 0.0132. The predicted octanol–water partition coefficient (Wildman–Crippen LogP) is 3.24. The van der Waals surface area contributed by atoms with E-state index in [1.54, 1.807) is 43.4 Å². The van der Waals surface area contributed by atoms with E-state index < -0.39 is 15.9 Å². The van der Waals surface area contributed by atoms with Crippen molar-refractivity contribution >= 4 is 33.2 Å². The molecule has 158 valence electrons. The molecule has 0 atom stereocenters. The zero-order valence-corrected chi connectivity index (χ0v) is 17.7. The van der Waals surface area contributed by atoms with Crippen LogP contribution in [0.3, 0.4) is 0 Å². The number of nitrogens with zero attached hydrogens (tertiary/aromatic N) is 2. The lowest BCUT2D eigenvalue weighted by Crippen LogP contribution is -2.42. The Labute approximate surface area is 176 Å². The normalized spacial score (nSPS) is 17.5. The molecule has 2 amide bonds. The number of anilines is 2. The Balaban J connectivity index is 1.63. The molecule has 1 fully saturated rings. The largest absolute Gasteiger partial charge is 0.323 e. The van der Waals surface area contributed by atoms with E-state index in [4.69, 9.17) is 0 Å². The summed E-state index contributed by atoms with van der Waals surface area (Å²) in [5, 5.41) is 2.75. The molecule has 1 heterocycles. The summed E-state index contributed by atoms with van der Waals surface area (Å²) in [4.78, 5) is 26.7. The zero-order valence-electron chi connectivity index (χ0n) is 16.9.